The number of nitrogens with two attached hydrogens (primary N) is 1. The summed E-state index contributed by atoms with van der Waals surface area (Å²) in [7, 11) is -3.80. The lowest BCUT2D eigenvalue weighted by Crippen LogP contribution is -2.48. The molecule has 1 heterocycles. The van der Waals surface area contributed by atoms with Crippen LogP contribution in [0.25, 0.3) is 0 Å². The lowest BCUT2D eigenvalue weighted by atomic mass is 10.1. The van der Waals surface area contributed by atoms with Gasteiger partial charge >= 0.3 is 0 Å². The maximum atomic E-state index is 11.5. The molecule has 2 rings (SSSR count). The molecule has 1 aromatic carbocycles. The van der Waals surface area contributed by atoms with Gasteiger partial charge in [-0.05, 0) is 24.6 Å². The van der Waals surface area contributed by atoms with Gasteiger partial charge in [-0.3, -0.25) is 4.90 Å². The summed E-state index contributed by atoms with van der Waals surface area (Å²) in [6.45, 7) is 5.41. The van der Waals surface area contributed by atoms with Gasteiger partial charge in [0.05, 0.1) is 22.3 Å². The van der Waals surface area contributed by atoms with Gasteiger partial charge in [0.25, 0.3) is 0 Å². The second-order valence-corrected chi connectivity index (χ2v) is 7.25. The van der Waals surface area contributed by atoms with E-state index in [4.69, 9.17) is 5.14 Å². The molecule has 7 nitrogen and oxygen atoms in total. The summed E-state index contributed by atoms with van der Waals surface area (Å²) < 4.78 is 23.0. The summed E-state index contributed by atoms with van der Waals surface area (Å²) >= 11 is 0. The molecule has 0 bridgehead atoms. The fraction of sp³-hybridized carbons (Fsp3) is 0.533. The number of hydrogen-bond donors (Lipinski definition) is 2. The summed E-state index contributed by atoms with van der Waals surface area (Å²) in [4.78, 5) is 4.16. The molecule has 1 atom stereocenters. The Morgan fingerprint density at radius 1 is 1.35 bits per heavy atom. The van der Waals surface area contributed by atoms with Gasteiger partial charge in [0.1, 0.15) is 6.07 Å². The molecule has 3 N–H and O–H groups in total. The van der Waals surface area contributed by atoms with Crippen molar-refractivity contribution in [3.05, 3.63) is 23.8 Å². The third kappa shape index (κ3) is 4.42. The van der Waals surface area contributed by atoms with Crippen LogP contribution in [-0.2, 0) is 10.0 Å². The number of β-amino-alcohol motifs (C(OH)–C–C–N with tert-alkyl or cyclic N) is 1. The number of aliphatic hydroxyl groups excluding tert-OH is 1. The first-order valence-electron chi connectivity index (χ1n) is 7.57. The number of benzene rings is 1. The molecular formula is C15H22N4O3S. The maximum absolute atomic E-state index is 11.5. The summed E-state index contributed by atoms with van der Waals surface area (Å²) in [5, 5.41) is 24.1. The van der Waals surface area contributed by atoms with Crippen LogP contribution in [0, 0.1) is 11.3 Å². The third-order valence-electron chi connectivity index (χ3n) is 4.07. The van der Waals surface area contributed by atoms with E-state index in [9.17, 15) is 18.8 Å². The minimum absolute atomic E-state index is 0.00957. The van der Waals surface area contributed by atoms with Crippen LogP contribution in [-0.4, -0.2) is 57.3 Å². The average molecular weight is 338 g/mol. The molecule has 8 heteroatoms. The van der Waals surface area contributed by atoms with E-state index in [1.807, 2.05) is 11.8 Å². The highest BCUT2D eigenvalue weighted by molar-refractivity contribution is 7.89. The molecule has 0 saturated carbocycles. The Hall–Kier alpha value is -1.66. The molecular weight excluding hydrogens is 316 g/mol. The number of nitrogens with zero attached hydrogens (tertiary/aromatic N) is 3. The third-order valence-corrected chi connectivity index (χ3v) is 4.98. The molecule has 1 saturated heterocycles. The van der Waals surface area contributed by atoms with Crippen LogP contribution in [0.3, 0.4) is 0 Å². The van der Waals surface area contributed by atoms with Gasteiger partial charge in [-0.2, -0.15) is 5.26 Å². The zero-order valence-corrected chi connectivity index (χ0v) is 14.0. The molecule has 1 aliphatic heterocycles. The van der Waals surface area contributed by atoms with Crippen molar-refractivity contribution >= 4 is 15.7 Å². The van der Waals surface area contributed by atoms with E-state index in [0.29, 0.717) is 30.9 Å². The second kappa shape index (κ2) is 7.27. The van der Waals surface area contributed by atoms with Crippen LogP contribution >= 0.6 is 0 Å². The summed E-state index contributed by atoms with van der Waals surface area (Å²) in [5.41, 5.74) is 1.02. The zero-order chi connectivity index (χ0) is 17.0. The molecule has 1 aliphatic rings. The Kier molecular flexibility index (Phi) is 5.59. The maximum Gasteiger partial charge on any atom is 0.238 e. The molecule has 0 radical (unpaired) electrons. The number of primary sulfonamides is 1. The summed E-state index contributed by atoms with van der Waals surface area (Å²) in [6, 6.07) is 6.40. The predicted octanol–water partition coefficient (Wildman–Crippen LogP) is 0.0986. The van der Waals surface area contributed by atoms with Crippen LogP contribution in [0.2, 0.25) is 0 Å². The SMILES string of the molecule is CC[C@@H](O)CN1CCN(c2cc(S(N)(=O)=O)ccc2C#N)CC1. The molecule has 1 fully saturated rings. The van der Waals surface area contributed by atoms with E-state index in [1.54, 1.807) is 0 Å². The van der Waals surface area contributed by atoms with Gasteiger partial charge in [0.2, 0.25) is 10.0 Å². The Labute approximate surface area is 137 Å². The molecule has 0 spiro atoms. The molecule has 23 heavy (non-hydrogen) atoms. The molecule has 0 amide bonds. The van der Waals surface area contributed by atoms with E-state index in [1.165, 1.54) is 18.2 Å². The van der Waals surface area contributed by atoms with Crippen molar-refractivity contribution < 1.29 is 13.5 Å². The highest BCUT2D eigenvalue weighted by atomic mass is 32.2. The van der Waals surface area contributed by atoms with Gasteiger partial charge < -0.3 is 10.0 Å². The topological polar surface area (TPSA) is 111 Å². The first-order chi connectivity index (χ1) is 10.8. The molecule has 0 aliphatic carbocycles. The molecule has 1 aromatic rings. The number of aliphatic hydroxyl groups is 1. The summed E-state index contributed by atoms with van der Waals surface area (Å²) in [6.07, 6.45) is 0.386. The lowest BCUT2D eigenvalue weighted by Gasteiger charge is -2.37. The van der Waals surface area contributed by atoms with Crippen molar-refractivity contribution in [3.8, 4) is 6.07 Å². The van der Waals surface area contributed by atoms with Crippen molar-refractivity contribution in [2.24, 2.45) is 5.14 Å². The van der Waals surface area contributed by atoms with E-state index < -0.39 is 10.0 Å². The first-order valence-corrected chi connectivity index (χ1v) is 9.12. The van der Waals surface area contributed by atoms with Crippen molar-refractivity contribution in [1.29, 1.82) is 5.26 Å². The highest BCUT2D eigenvalue weighted by Gasteiger charge is 2.22. The number of rotatable bonds is 5. The smallest absolute Gasteiger partial charge is 0.238 e. The Morgan fingerprint density at radius 3 is 2.52 bits per heavy atom. The Balaban J connectivity index is 2.15. The largest absolute Gasteiger partial charge is 0.392 e. The van der Waals surface area contributed by atoms with Crippen molar-refractivity contribution in [3.63, 3.8) is 0 Å². The van der Waals surface area contributed by atoms with Gasteiger partial charge in [0.15, 0.2) is 0 Å². The van der Waals surface area contributed by atoms with Crippen LogP contribution in [0.5, 0.6) is 0 Å². The first kappa shape index (κ1) is 17.7. The number of piperazine rings is 1. The van der Waals surface area contributed by atoms with E-state index in [2.05, 4.69) is 11.0 Å². The highest BCUT2D eigenvalue weighted by Crippen LogP contribution is 2.25. The normalized spacial score (nSPS) is 17.7. The number of anilines is 1. The van der Waals surface area contributed by atoms with Gasteiger partial charge in [-0.15, -0.1) is 0 Å². The Morgan fingerprint density at radius 2 is 2.00 bits per heavy atom. The van der Waals surface area contributed by atoms with Crippen LogP contribution < -0.4 is 10.0 Å². The van der Waals surface area contributed by atoms with Crippen molar-refractivity contribution in [1.82, 2.24) is 4.90 Å². The van der Waals surface area contributed by atoms with Gasteiger partial charge in [-0.25, -0.2) is 13.6 Å². The molecule has 0 aromatic heterocycles. The Bertz CT molecular complexity index is 691. The number of hydrogen-bond acceptors (Lipinski definition) is 6. The molecule has 126 valence electrons. The van der Waals surface area contributed by atoms with E-state index in [-0.39, 0.29) is 11.0 Å². The van der Waals surface area contributed by atoms with Gasteiger partial charge in [0, 0.05) is 32.7 Å². The fourth-order valence-electron chi connectivity index (χ4n) is 2.64. The quantitative estimate of drug-likeness (QED) is 0.788. The molecule has 0 unspecified atom stereocenters. The number of sulfonamides is 1. The van der Waals surface area contributed by atoms with Crippen molar-refractivity contribution in [2.45, 2.75) is 24.3 Å². The lowest BCUT2D eigenvalue weighted by molar-refractivity contribution is 0.106. The van der Waals surface area contributed by atoms with Crippen LogP contribution in [0.1, 0.15) is 18.9 Å². The fourth-order valence-corrected chi connectivity index (χ4v) is 3.18. The number of nitriles is 1. The zero-order valence-electron chi connectivity index (χ0n) is 13.1. The predicted molar refractivity (Wildman–Crippen MR) is 87.5 cm³/mol. The van der Waals surface area contributed by atoms with Crippen LogP contribution in [0.15, 0.2) is 23.1 Å². The second-order valence-electron chi connectivity index (χ2n) is 5.69. The standard InChI is InChI=1S/C15H22N4O3S/c1-2-13(20)11-18-5-7-19(8-6-18)15-9-14(23(17,21)22)4-3-12(15)10-16/h3-4,9,13,20H,2,5-8,11H2,1H3,(H2,17,21,22)/t13-/m1/s1. The monoisotopic (exact) mass is 338 g/mol. The van der Waals surface area contributed by atoms with E-state index in [0.717, 1.165) is 19.5 Å². The van der Waals surface area contributed by atoms with E-state index >= 15 is 0 Å². The van der Waals surface area contributed by atoms with Crippen LogP contribution in [0.4, 0.5) is 5.69 Å². The minimum atomic E-state index is -3.80. The summed E-state index contributed by atoms with van der Waals surface area (Å²) in [5.74, 6) is 0. The van der Waals surface area contributed by atoms with Gasteiger partial charge in [-0.1, -0.05) is 6.92 Å². The average Bonchev–Trinajstić information content (AvgIpc) is 2.54. The van der Waals surface area contributed by atoms with Crippen molar-refractivity contribution in [2.75, 3.05) is 37.6 Å². The minimum Gasteiger partial charge on any atom is -0.392 e.